The Hall–Kier alpha value is -0.0800. The number of fused-ring (bicyclic) bond motifs is 2. The van der Waals surface area contributed by atoms with Gasteiger partial charge in [0.1, 0.15) is 0 Å². The van der Waals surface area contributed by atoms with Gasteiger partial charge >= 0.3 is 0 Å². The van der Waals surface area contributed by atoms with E-state index < -0.39 is 0 Å². The third-order valence-corrected chi connectivity index (χ3v) is 4.68. The fraction of sp³-hybridized carbons (Fsp3) is 1.00. The third-order valence-electron chi connectivity index (χ3n) is 4.68. The minimum atomic E-state index is 0.851. The quantitative estimate of drug-likeness (QED) is 0.682. The van der Waals surface area contributed by atoms with Crippen LogP contribution in [0, 0.1) is 5.92 Å². The molecule has 0 aromatic heterocycles. The van der Waals surface area contributed by atoms with Crippen molar-refractivity contribution in [2.24, 2.45) is 5.92 Å². The molecule has 3 rings (SSSR count). The van der Waals surface area contributed by atoms with Crippen LogP contribution in [0.1, 0.15) is 39.0 Å². The Morgan fingerprint density at radius 3 is 2.21 bits per heavy atom. The van der Waals surface area contributed by atoms with E-state index in [1.807, 2.05) is 0 Å². The summed E-state index contributed by atoms with van der Waals surface area (Å²) in [4.78, 5) is 2.87. The lowest BCUT2D eigenvalue weighted by Gasteiger charge is -2.39. The zero-order valence-corrected chi connectivity index (χ0v) is 9.21. The van der Waals surface area contributed by atoms with Gasteiger partial charge < -0.3 is 5.32 Å². The number of nitrogens with zero attached hydrogens (tertiary/aromatic N) is 1. The first-order valence-corrected chi connectivity index (χ1v) is 6.34. The highest BCUT2D eigenvalue weighted by Gasteiger charge is 2.44. The average Bonchev–Trinajstić information content (AvgIpc) is 2.78. The van der Waals surface area contributed by atoms with Gasteiger partial charge in [-0.05, 0) is 44.6 Å². The molecular formula is C12H22N2. The lowest BCUT2D eigenvalue weighted by atomic mass is 9.93. The molecule has 3 saturated heterocycles. The molecule has 0 aromatic rings. The largest absolute Gasteiger partial charge is 0.315 e. The van der Waals surface area contributed by atoms with Crippen LogP contribution < -0.4 is 5.32 Å². The van der Waals surface area contributed by atoms with Crippen LogP contribution in [-0.4, -0.2) is 36.1 Å². The molecule has 0 spiro atoms. The lowest BCUT2D eigenvalue weighted by Crippen LogP contribution is -2.52. The number of hydrogen-bond donors (Lipinski definition) is 1. The van der Waals surface area contributed by atoms with E-state index in [9.17, 15) is 0 Å². The van der Waals surface area contributed by atoms with Crippen molar-refractivity contribution in [3.8, 4) is 0 Å². The molecule has 80 valence electrons. The molecule has 0 amide bonds. The van der Waals surface area contributed by atoms with E-state index in [1.54, 1.807) is 0 Å². The second-order valence-corrected chi connectivity index (χ2v) is 5.45. The highest BCUT2D eigenvalue weighted by atomic mass is 15.3. The number of nitrogens with one attached hydrogen (secondary N) is 1. The molecule has 0 aromatic carbocycles. The minimum Gasteiger partial charge on any atom is -0.315 e. The molecule has 2 heteroatoms. The summed E-state index contributed by atoms with van der Waals surface area (Å²) >= 11 is 0. The van der Waals surface area contributed by atoms with Crippen molar-refractivity contribution in [2.75, 3.05) is 13.1 Å². The standard InChI is InChI=1S/C12H22N2/c1-9-6-7-13-8-12(9)14-10-2-3-11(14)5-4-10/h9-13H,2-8H2,1H3. The molecule has 1 N–H and O–H groups in total. The molecule has 2 atom stereocenters. The van der Waals surface area contributed by atoms with Crippen LogP contribution in [0.5, 0.6) is 0 Å². The third kappa shape index (κ3) is 1.31. The van der Waals surface area contributed by atoms with Crippen LogP contribution >= 0.6 is 0 Å². The minimum absolute atomic E-state index is 0.851. The maximum Gasteiger partial charge on any atom is 0.0252 e. The summed E-state index contributed by atoms with van der Waals surface area (Å²) in [5.41, 5.74) is 0. The fourth-order valence-corrected chi connectivity index (χ4v) is 3.87. The van der Waals surface area contributed by atoms with E-state index in [2.05, 4.69) is 17.1 Å². The van der Waals surface area contributed by atoms with Crippen molar-refractivity contribution < 1.29 is 0 Å². The van der Waals surface area contributed by atoms with Crippen LogP contribution in [0.3, 0.4) is 0 Å². The summed E-state index contributed by atoms with van der Waals surface area (Å²) in [6.45, 7) is 4.93. The molecule has 2 nitrogen and oxygen atoms in total. The molecule has 3 aliphatic heterocycles. The zero-order chi connectivity index (χ0) is 9.54. The molecule has 2 bridgehead atoms. The monoisotopic (exact) mass is 194 g/mol. The zero-order valence-electron chi connectivity index (χ0n) is 9.21. The van der Waals surface area contributed by atoms with Gasteiger partial charge in [-0.15, -0.1) is 0 Å². The van der Waals surface area contributed by atoms with Gasteiger partial charge in [0.15, 0.2) is 0 Å². The molecule has 3 aliphatic rings. The van der Waals surface area contributed by atoms with Gasteiger partial charge in [-0.25, -0.2) is 0 Å². The Labute approximate surface area is 87.0 Å². The normalized spacial score (nSPS) is 48.6. The number of piperidine rings is 1. The summed E-state index contributed by atoms with van der Waals surface area (Å²) in [7, 11) is 0. The highest BCUT2D eigenvalue weighted by Crippen LogP contribution is 2.40. The average molecular weight is 194 g/mol. The van der Waals surface area contributed by atoms with E-state index >= 15 is 0 Å². The predicted octanol–water partition coefficient (Wildman–Crippen LogP) is 1.61. The van der Waals surface area contributed by atoms with Crippen LogP contribution in [0.25, 0.3) is 0 Å². The summed E-state index contributed by atoms with van der Waals surface area (Å²) in [5, 5.41) is 3.57. The Kier molecular flexibility index (Phi) is 2.29. The van der Waals surface area contributed by atoms with E-state index in [0.29, 0.717) is 0 Å². The fourth-order valence-electron chi connectivity index (χ4n) is 3.87. The second-order valence-electron chi connectivity index (χ2n) is 5.45. The van der Waals surface area contributed by atoms with Crippen LogP contribution in [-0.2, 0) is 0 Å². The van der Waals surface area contributed by atoms with Gasteiger partial charge in [-0.3, -0.25) is 4.90 Å². The van der Waals surface area contributed by atoms with E-state index in [0.717, 1.165) is 24.0 Å². The molecule has 14 heavy (non-hydrogen) atoms. The van der Waals surface area contributed by atoms with Crippen LogP contribution in [0.4, 0.5) is 0 Å². The molecule has 0 aliphatic carbocycles. The summed E-state index contributed by atoms with van der Waals surface area (Å²) in [6.07, 6.45) is 7.30. The molecule has 3 fully saturated rings. The summed E-state index contributed by atoms with van der Waals surface area (Å²) in [5.74, 6) is 0.914. The van der Waals surface area contributed by atoms with Gasteiger partial charge in [-0.1, -0.05) is 6.92 Å². The predicted molar refractivity (Wildman–Crippen MR) is 58.3 cm³/mol. The smallest absolute Gasteiger partial charge is 0.0252 e. The van der Waals surface area contributed by atoms with Crippen LogP contribution in [0.15, 0.2) is 0 Å². The molecule has 0 saturated carbocycles. The van der Waals surface area contributed by atoms with Gasteiger partial charge in [0.2, 0.25) is 0 Å². The van der Waals surface area contributed by atoms with Crippen molar-refractivity contribution in [2.45, 2.75) is 57.2 Å². The topological polar surface area (TPSA) is 15.3 Å². The van der Waals surface area contributed by atoms with E-state index in [-0.39, 0.29) is 0 Å². The molecular weight excluding hydrogens is 172 g/mol. The van der Waals surface area contributed by atoms with Crippen LogP contribution in [0.2, 0.25) is 0 Å². The van der Waals surface area contributed by atoms with E-state index in [4.69, 9.17) is 0 Å². The second kappa shape index (κ2) is 3.49. The first kappa shape index (κ1) is 9.17. The first-order valence-electron chi connectivity index (χ1n) is 6.34. The van der Waals surface area contributed by atoms with Crippen molar-refractivity contribution in [3.05, 3.63) is 0 Å². The maximum atomic E-state index is 3.57. The van der Waals surface area contributed by atoms with Crippen molar-refractivity contribution in [1.82, 2.24) is 10.2 Å². The van der Waals surface area contributed by atoms with Crippen molar-refractivity contribution in [1.29, 1.82) is 0 Å². The Morgan fingerprint density at radius 1 is 1.00 bits per heavy atom. The van der Waals surface area contributed by atoms with Gasteiger partial charge in [0.05, 0.1) is 0 Å². The van der Waals surface area contributed by atoms with Gasteiger partial charge in [0.25, 0.3) is 0 Å². The highest BCUT2D eigenvalue weighted by molar-refractivity contribution is 5.00. The van der Waals surface area contributed by atoms with E-state index in [1.165, 1.54) is 45.2 Å². The molecule has 3 heterocycles. The number of rotatable bonds is 1. The van der Waals surface area contributed by atoms with Crippen molar-refractivity contribution in [3.63, 3.8) is 0 Å². The maximum absolute atomic E-state index is 3.57. The lowest BCUT2D eigenvalue weighted by molar-refractivity contribution is 0.106. The number of hydrogen-bond acceptors (Lipinski definition) is 2. The SMILES string of the molecule is CC1CCNCC1N1C2CCC1CC2. The van der Waals surface area contributed by atoms with Gasteiger partial charge in [-0.2, -0.15) is 0 Å². The summed E-state index contributed by atoms with van der Waals surface area (Å²) < 4.78 is 0. The molecule has 2 unspecified atom stereocenters. The first-order chi connectivity index (χ1) is 6.86. The van der Waals surface area contributed by atoms with Crippen molar-refractivity contribution >= 4 is 0 Å². The Morgan fingerprint density at radius 2 is 1.64 bits per heavy atom. The Balaban J connectivity index is 1.74. The summed E-state index contributed by atoms with van der Waals surface area (Å²) in [6, 6.07) is 2.75. The Bertz CT molecular complexity index is 196. The van der Waals surface area contributed by atoms with Gasteiger partial charge in [0, 0.05) is 24.7 Å². The molecule has 0 radical (unpaired) electrons.